The van der Waals surface area contributed by atoms with Gasteiger partial charge >= 0.3 is 12.0 Å². The molecule has 2 unspecified atom stereocenters. The summed E-state index contributed by atoms with van der Waals surface area (Å²) in [4.78, 5) is 25.7. The van der Waals surface area contributed by atoms with Crippen molar-refractivity contribution in [1.82, 2.24) is 10.2 Å². The molecule has 0 spiro atoms. The molecular formula is C15H26N2O3. The van der Waals surface area contributed by atoms with Crippen LogP contribution in [0.25, 0.3) is 0 Å². The van der Waals surface area contributed by atoms with Crippen LogP contribution in [0.15, 0.2) is 0 Å². The van der Waals surface area contributed by atoms with Crippen molar-refractivity contribution in [3.05, 3.63) is 0 Å². The first-order chi connectivity index (χ1) is 9.44. The van der Waals surface area contributed by atoms with Crippen molar-refractivity contribution in [2.24, 2.45) is 5.92 Å². The Morgan fingerprint density at radius 3 is 2.40 bits per heavy atom. The summed E-state index contributed by atoms with van der Waals surface area (Å²) in [5, 5.41) is 12.4. The van der Waals surface area contributed by atoms with Crippen LogP contribution in [0.5, 0.6) is 0 Å². The Morgan fingerprint density at radius 1 is 1.20 bits per heavy atom. The van der Waals surface area contributed by atoms with Gasteiger partial charge < -0.3 is 15.3 Å². The van der Waals surface area contributed by atoms with Crippen molar-refractivity contribution in [2.45, 2.75) is 69.9 Å². The number of hydrogen-bond donors (Lipinski definition) is 2. The smallest absolute Gasteiger partial charge is 0.329 e. The second-order valence-electron chi connectivity index (χ2n) is 6.57. The molecular weight excluding hydrogens is 256 g/mol. The highest BCUT2D eigenvalue weighted by molar-refractivity contribution is 5.86. The second-order valence-corrected chi connectivity index (χ2v) is 6.57. The van der Waals surface area contributed by atoms with Gasteiger partial charge in [0.2, 0.25) is 0 Å². The van der Waals surface area contributed by atoms with Gasteiger partial charge in [0.15, 0.2) is 0 Å². The van der Waals surface area contributed by atoms with Crippen LogP contribution >= 0.6 is 0 Å². The minimum Gasteiger partial charge on any atom is -0.480 e. The average Bonchev–Trinajstić information content (AvgIpc) is 2.91. The molecule has 0 heterocycles. The molecule has 0 radical (unpaired) electrons. The summed E-state index contributed by atoms with van der Waals surface area (Å²) in [7, 11) is 1.78. The number of amides is 2. The van der Waals surface area contributed by atoms with Crippen LogP contribution in [-0.2, 0) is 4.79 Å². The van der Waals surface area contributed by atoms with Gasteiger partial charge in [-0.05, 0) is 31.6 Å². The Balaban J connectivity index is 2.03. The number of carbonyl (C=O) groups is 2. The molecule has 0 aliphatic heterocycles. The molecule has 0 aromatic carbocycles. The molecule has 114 valence electrons. The highest BCUT2D eigenvalue weighted by Crippen LogP contribution is 2.33. The predicted molar refractivity (Wildman–Crippen MR) is 76.5 cm³/mol. The van der Waals surface area contributed by atoms with E-state index in [0.29, 0.717) is 18.8 Å². The van der Waals surface area contributed by atoms with Crippen molar-refractivity contribution >= 4 is 12.0 Å². The van der Waals surface area contributed by atoms with Gasteiger partial charge in [-0.25, -0.2) is 9.59 Å². The largest absolute Gasteiger partial charge is 0.480 e. The first kappa shape index (κ1) is 15.1. The van der Waals surface area contributed by atoms with Crippen LogP contribution < -0.4 is 5.32 Å². The molecule has 0 saturated heterocycles. The zero-order valence-electron chi connectivity index (χ0n) is 12.5. The lowest BCUT2D eigenvalue weighted by atomic mass is 9.76. The predicted octanol–water partition coefficient (Wildman–Crippen LogP) is 2.60. The summed E-state index contributed by atoms with van der Waals surface area (Å²) in [6.07, 6.45) is 7.35. The average molecular weight is 282 g/mol. The number of urea groups is 1. The van der Waals surface area contributed by atoms with Crippen LogP contribution in [0.1, 0.15) is 58.3 Å². The Labute approximate surface area is 120 Å². The summed E-state index contributed by atoms with van der Waals surface area (Å²) in [6.45, 7) is 2.06. The van der Waals surface area contributed by atoms with Crippen LogP contribution in [0.2, 0.25) is 0 Å². The lowest BCUT2D eigenvalue weighted by molar-refractivity contribution is -0.146. The van der Waals surface area contributed by atoms with E-state index in [4.69, 9.17) is 0 Å². The maximum Gasteiger partial charge on any atom is 0.329 e. The zero-order chi connectivity index (χ0) is 14.8. The molecule has 5 heteroatoms. The fourth-order valence-electron chi connectivity index (χ4n) is 3.66. The monoisotopic (exact) mass is 282 g/mol. The Bertz CT molecular complexity index is 379. The fourth-order valence-corrected chi connectivity index (χ4v) is 3.66. The van der Waals surface area contributed by atoms with E-state index in [2.05, 4.69) is 12.2 Å². The topological polar surface area (TPSA) is 69.6 Å². The van der Waals surface area contributed by atoms with Crippen molar-refractivity contribution in [2.75, 3.05) is 7.05 Å². The van der Waals surface area contributed by atoms with Crippen LogP contribution in [0.4, 0.5) is 4.79 Å². The zero-order valence-corrected chi connectivity index (χ0v) is 12.5. The molecule has 2 rings (SSSR count). The molecule has 2 saturated carbocycles. The number of aliphatic carboxylic acids is 1. The summed E-state index contributed by atoms with van der Waals surface area (Å²) in [6, 6.07) is 0.0373. The molecule has 2 N–H and O–H groups in total. The number of nitrogens with one attached hydrogen (secondary N) is 1. The van der Waals surface area contributed by atoms with Gasteiger partial charge in [0, 0.05) is 13.1 Å². The molecule has 0 aromatic rings. The first-order valence-electron chi connectivity index (χ1n) is 7.73. The molecule has 0 bridgehead atoms. The van der Waals surface area contributed by atoms with Gasteiger partial charge in [0.25, 0.3) is 0 Å². The molecule has 0 aromatic heterocycles. The molecule has 5 nitrogen and oxygen atoms in total. The maximum atomic E-state index is 12.4. The van der Waals surface area contributed by atoms with Gasteiger partial charge in [-0.2, -0.15) is 0 Å². The number of carbonyl (C=O) groups excluding carboxylic acids is 1. The van der Waals surface area contributed by atoms with E-state index in [0.717, 1.165) is 38.5 Å². The lowest BCUT2D eigenvalue weighted by Crippen LogP contribution is -2.60. The standard InChI is InChI=1S/C15H26N2O3/c1-11-6-5-9-15(10-11,13(18)19)16-14(20)17(2)12-7-3-4-8-12/h11-12H,3-10H2,1-2H3,(H,16,20)(H,18,19). The molecule has 20 heavy (non-hydrogen) atoms. The van der Waals surface area contributed by atoms with E-state index < -0.39 is 11.5 Å². The van der Waals surface area contributed by atoms with Gasteiger partial charge in [-0.15, -0.1) is 0 Å². The Kier molecular flexibility index (Phi) is 4.55. The highest BCUT2D eigenvalue weighted by Gasteiger charge is 2.44. The van der Waals surface area contributed by atoms with E-state index in [9.17, 15) is 14.7 Å². The van der Waals surface area contributed by atoms with Crippen molar-refractivity contribution in [3.63, 3.8) is 0 Å². The highest BCUT2D eigenvalue weighted by atomic mass is 16.4. The fraction of sp³-hybridized carbons (Fsp3) is 0.867. The third-order valence-corrected chi connectivity index (χ3v) is 4.95. The molecule has 2 aliphatic carbocycles. The van der Waals surface area contributed by atoms with Crippen molar-refractivity contribution in [3.8, 4) is 0 Å². The first-order valence-corrected chi connectivity index (χ1v) is 7.73. The van der Waals surface area contributed by atoms with Crippen molar-refractivity contribution in [1.29, 1.82) is 0 Å². The Morgan fingerprint density at radius 2 is 1.85 bits per heavy atom. The number of rotatable bonds is 3. The van der Waals surface area contributed by atoms with E-state index >= 15 is 0 Å². The SMILES string of the molecule is CC1CCCC(NC(=O)N(C)C2CCCC2)(C(=O)O)C1. The van der Waals surface area contributed by atoms with Gasteiger partial charge in [0.1, 0.15) is 5.54 Å². The summed E-state index contributed by atoms with van der Waals surface area (Å²) < 4.78 is 0. The maximum absolute atomic E-state index is 12.4. The molecule has 2 fully saturated rings. The third-order valence-electron chi connectivity index (χ3n) is 4.95. The molecule has 2 aliphatic rings. The summed E-state index contributed by atoms with van der Waals surface area (Å²) >= 11 is 0. The van der Waals surface area contributed by atoms with Crippen LogP contribution in [-0.4, -0.2) is 40.6 Å². The summed E-state index contributed by atoms with van der Waals surface area (Å²) in [5.74, 6) is -0.547. The van der Waals surface area contributed by atoms with Crippen LogP contribution in [0.3, 0.4) is 0 Å². The van der Waals surface area contributed by atoms with Crippen molar-refractivity contribution < 1.29 is 14.7 Å². The number of hydrogen-bond acceptors (Lipinski definition) is 2. The minimum atomic E-state index is -1.07. The number of carboxylic acids is 1. The van der Waals surface area contributed by atoms with E-state index in [1.165, 1.54) is 0 Å². The quantitative estimate of drug-likeness (QED) is 0.836. The summed E-state index contributed by atoms with van der Waals surface area (Å²) in [5.41, 5.74) is -1.07. The Hall–Kier alpha value is -1.26. The third kappa shape index (κ3) is 3.07. The second kappa shape index (κ2) is 6.02. The van der Waals surface area contributed by atoms with E-state index in [1.807, 2.05) is 0 Å². The van der Waals surface area contributed by atoms with E-state index in [1.54, 1.807) is 11.9 Å². The number of nitrogens with zero attached hydrogens (tertiary/aromatic N) is 1. The van der Waals surface area contributed by atoms with Gasteiger partial charge in [0.05, 0.1) is 0 Å². The lowest BCUT2D eigenvalue weighted by Gasteiger charge is -2.38. The number of carboxylic acid groups (broad SMARTS) is 1. The normalized spacial score (nSPS) is 31.0. The van der Waals surface area contributed by atoms with Gasteiger partial charge in [-0.1, -0.05) is 32.6 Å². The minimum absolute atomic E-state index is 0.228. The van der Waals surface area contributed by atoms with Gasteiger partial charge in [-0.3, -0.25) is 0 Å². The van der Waals surface area contributed by atoms with E-state index in [-0.39, 0.29) is 12.1 Å². The van der Waals surface area contributed by atoms with Crippen LogP contribution in [0, 0.1) is 5.92 Å². The molecule has 2 atom stereocenters. The molecule has 2 amide bonds.